The number of unbranched alkanes of at least 4 members (excludes halogenated alkanes) is 10. The van der Waals surface area contributed by atoms with Crippen LogP contribution in [0.3, 0.4) is 0 Å². The minimum atomic E-state index is -4.39. The van der Waals surface area contributed by atoms with E-state index in [-0.39, 0.29) is 54.6 Å². The van der Waals surface area contributed by atoms with Crippen LogP contribution in [0.4, 0.5) is 10.2 Å². The predicted molar refractivity (Wildman–Crippen MR) is 231 cm³/mol. The van der Waals surface area contributed by atoms with Gasteiger partial charge < -0.3 is 24.3 Å². The molecule has 0 bridgehead atoms. The van der Waals surface area contributed by atoms with Crippen LogP contribution in [0.1, 0.15) is 116 Å². The number of carbonyl (C=O) groups excluding carboxylic acids is 1. The zero-order chi connectivity index (χ0) is 42.4. The lowest BCUT2D eigenvalue weighted by atomic mass is 9.94. The molecule has 0 saturated heterocycles. The Labute approximate surface area is 350 Å². The fourth-order valence-corrected chi connectivity index (χ4v) is 8.51. The number of nitrogen functional groups attached to an aromatic ring is 1. The van der Waals surface area contributed by atoms with Gasteiger partial charge in [0, 0.05) is 20.1 Å². The molecular formula is C45H64FN6O6P. The average molecular weight is 835 g/mol. The zero-order valence-electron chi connectivity index (χ0n) is 35.2. The van der Waals surface area contributed by atoms with E-state index < -0.39 is 38.0 Å². The van der Waals surface area contributed by atoms with Gasteiger partial charge in [-0.25, -0.2) is 9.55 Å². The molecule has 322 valence electrons. The first-order valence-corrected chi connectivity index (χ1v) is 22.8. The van der Waals surface area contributed by atoms with E-state index in [2.05, 4.69) is 39.8 Å². The first-order chi connectivity index (χ1) is 28.6. The van der Waals surface area contributed by atoms with E-state index in [0.29, 0.717) is 0 Å². The number of terminal acetylenes is 1. The summed E-state index contributed by atoms with van der Waals surface area (Å²) in [4.78, 5) is 25.8. The van der Waals surface area contributed by atoms with Gasteiger partial charge in [0.1, 0.15) is 17.3 Å². The van der Waals surface area contributed by atoms with E-state index in [4.69, 9.17) is 30.7 Å². The highest BCUT2D eigenvalue weighted by Crippen LogP contribution is 2.46. The van der Waals surface area contributed by atoms with E-state index in [9.17, 15) is 13.8 Å². The van der Waals surface area contributed by atoms with Crippen molar-refractivity contribution in [3.8, 4) is 18.1 Å². The number of esters is 1. The number of imidazole rings is 1. The standard InChI is InChI=1S/C45H64FN6O6P/c1-5-8-10-12-14-18-26-37(27-19-15-13-11-9-6-2)33-56-43(53)39(32-36-24-20-16-21-25-36)51-59(54,58-38-28-22-17-23-29-38)57-34-45(7-3,55-4)30-31-52-35-48-40-41(47)49-44(46)50-42(40)52/h3,16-17,20-25,28-29,35,37,39H,5-6,8-15,18-19,26-27,30-34H2,1-2,4H3,(H,51,54)(H2,47,49,50)/t39-,45?,59?/m0/s1. The Morgan fingerprint density at radius 2 is 1.54 bits per heavy atom. The Morgan fingerprint density at radius 3 is 2.15 bits per heavy atom. The molecule has 59 heavy (non-hydrogen) atoms. The summed E-state index contributed by atoms with van der Waals surface area (Å²) in [5, 5.41) is 2.95. The Bertz CT molecular complexity index is 1900. The van der Waals surface area contributed by atoms with Crippen LogP contribution in [0.5, 0.6) is 5.75 Å². The second-order valence-corrected chi connectivity index (χ2v) is 16.9. The molecule has 2 aromatic carbocycles. The fourth-order valence-electron chi connectivity index (χ4n) is 6.97. The number of ether oxygens (including phenoxy) is 2. The summed E-state index contributed by atoms with van der Waals surface area (Å²) in [5.74, 6) is 2.46. The Kier molecular flexibility index (Phi) is 20.3. The highest BCUT2D eigenvalue weighted by atomic mass is 31.2. The third-order valence-electron chi connectivity index (χ3n) is 10.6. The van der Waals surface area contributed by atoms with Gasteiger partial charge in [0.15, 0.2) is 17.1 Å². The molecule has 12 nitrogen and oxygen atoms in total. The number of nitrogens with zero attached hydrogens (tertiary/aromatic N) is 4. The molecule has 0 spiro atoms. The van der Waals surface area contributed by atoms with Gasteiger partial charge in [0.2, 0.25) is 0 Å². The number of halogens is 1. The lowest BCUT2D eigenvalue weighted by Crippen LogP contribution is -2.42. The number of hydrogen-bond acceptors (Lipinski definition) is 10. The van der Waals surface area contributed by atoms with Crippen LogP contribution in [0.2, 0.25) is 0 Å². The third kappa shape index (κ3) is 16.0. The number of rotatable bonds is 30. The van der Waals surface area contributed by atoms with Crippen molar-refractivity contribution < 1.29 is 32.3 Å². The van der Waals surface area contributed by atoms with E-state index in [1.54, 1.807) is 34.9 Å². The van der Waals surface area contributed by atoms with Crippen molar-refractivity contribution in [3.05, 3.63) is 78.6 Å². The first-order valence-electron chi connectivity index (χ1n) is 21.3. The third-order valence-corrected chi connectivity index (χ3v) is 12.1. The van der Waals surface area contributed by atoms with Crippen molar-refractivity contribution in [3.63, 3.8) is 0 Å². The Morgan fingerprint density at radius 1 is 0.932 bits per heavy atom. The summed E-state index contributed by atoms with van der Waals surface area (Å²) in [6.07, 6.45) is 23.1. The van der Waals surface area contributed by atoms with E-state index in [1.165, 1.54) is 64.8 Å². The average Bonchev–Trinajstić information content (AvgIpc) is 3.65. The Hall–Kier alpha value is -4.34. The van der Waals surface area contributed by atoms with E-state index in [0.717, 1.165) is 44.1 Å². The minimum Gasteiger partial charge on any atom is -0.464 e. The van der Waals surface area contributed by atoms with Crippen molar-refractivity contribution in [1.82, 2.24) is 24.6 Å². The van der Waals surface area contributed by atoms with Gasteiger partial charge >= 0.3 is 19.8 Å². The zero-order valence-corrected chi connectivity index (χ0v) is 36.1. The normalized spacial score (nSPS) is 14.1. The number of anilines is 1. The van der Waals surface area contributed by atoms with Crippen LogP contribution in [0, 0.1) is 24.3 Å². The number of nitrogens with one attached hydrogen (secondary N) is 1. The van der Waals surface area contributed by atoms with Crippen molar-refractivity contribution >= 4 is 30.7 Å². The molecule has 0 aliphatic heterocycles. The molecule has 0 saturated carbocycles. The molecule has 0 aliphatic carbocycles. The van der Waals surface area contributed by atoms with Gasteiger partial charge in [-0.15, -0.1) is 6.42 Å². The van der Waals surface area contributed by atoms with Crippen molar-refractivity contribution in [2.75, 3.05) is 26.1 Å². The molecule has 0 amide bonds. The number of hydrogen-bond donors (Lipinski definition) is 2. The number of benzene rings is 2. The van der Waals surface area contributed by atoms with Crippen molar-refractivity contribution in [2.24, 2.45) is 5.92 Å². The second kappa shape index (κ2) is 25.3. The molecule has 0 radical (unpaired) electrons. The maximum atomic E-state index is 14.9. The highest BCUT2D eigenvalue weighted by Gasteiger charge is 2.39. The molecule has 4 aromatic rings. The maximum Gasteiger partial charge on any atom is 0.459 e. The van der Waals surface area contributed by atoms with Crippen LogP contribution in [0.25, 0.3) is 11.2 Å². The molecule has 3 N–H and O–H groups in total. The molecule has 3 atom stereocenters. The summed E-state index contributed by atoms with van der Waals surface area (Å²) >= 11 is 0. The van der Waals surface area contributed by atoms with Crippen molar-refractivity contribution in [1.29, 1.82) is 0 Å². The molecule has 14 heteroatoms. The van der Waals surface area contributed by atoms with Crippen LogP contribution in [-0.2, 0) is 36.3 Å². The van der Waals surface area contributed by atoms with Gasteiger partial charge in [0.25, 0.3) is 0 Å². The number of methoxy groups -OCH3 is 1. The number of para-hydroxylation sites is 1. The lowest BCUT2D eigenvalue weighted by Gasteiger charge is -2.30. The largest absolute Gasteiger partial charge is 0.464 e. The van der Waals surface area contributed by atoms with Gasteiger partial charge in [-0.1, -0.05) is 145 Å². The SMILES string of the molecule is C#CC(CCn1cnc2c(N)nc(F)nc21)(COP(=O)(N[C@@H](Cc1ccccc1)C(=O)OCC(CCCCCCCC)CCCCCCCC)Oc1ccccc1)OC. The molecule has 2 unspecified atom stereocenters. The minimum absolute atomic E-state index is 0.0932. The number of aromatic nitrogens is 4. The topological polar surface area (TPSA) is 153 Å². The number of nitrogens with two attached hydrogens (primary N) is 1. The molecular weight excluding hydrogens is 771 g/mol. The highest BCUT2D eigenvalue weighted by molar-refractivity contribution is 7.52. The molecule has 0 aliphatic rings. The van der Waals surface area contributed by atoms with Gasteiger partial charge in [-0.05, 0) is 42.9 Å². The molecule has 2 heterocycles. The van der Waals surface area contributed by atoms with E-state index in [1.807, 2.05) is 30.3 Å². The fraction of sp³-hybridized carbons (Fsp3) is 0.556. The predicted octanol–water partition coefficient (Wildman–Crippen LogP) is 10.0. The molecule has 0 fully saturated rings. The van der Waals surface area contributed by atoms with Gasteiger partial charge in [-0.2, -0.15) is 19.4 Å². The van der Waals surface area contributed by atoms with Gasteiger partial charge in [0.05, 0.1) is 19.5 Å². The summed E-state index contributed by atoms with van der Waals surface area (Å²) < 4.78 is 54.6. The maximum absolute atomic E-state index is 14.9. The Balaban J connectivity index is 1.52. The monoisotopic (exact) mass is 834 g/mol. The van der Waals surface area contributed by atoms with Gasteiger partial charge in [-0.3, -0.25) is 9.32 Å². The second-order valence-electron chi connectivity index (χ2n) is 15.2. The number of carbonyl (C=O) groups is 1. The smallest absolute Gasteiger partial charge is 0.459 e. The summed E-state index contributed by atoms with van der Waals surface area (Å²) in [5.41, 5.74) is 5.66. The molecule has 2 aromatic heterocycles. The number of aryl methyl sites for hydroxylation is 1. The quantitative estimate of drug-likeness (QED) is 0.0170. The van der Waals surface area contributed by atoms with Crippen LogP contribution >= 0.6 is 7.75 Å². The van der Waals surface area contributed by atoms with Crippen LogP contribution in [-0.4, -0.2) is 57.5 Å². The van der Waals surface area contributed by atoms with E-state index >= 15 is 0 Å². The lowest BCUT2D eigenvalue weighted by molar-refractivity contribution is -0.147. The summed E-state index contributed by atoms with van der Waals surface area (Å²) in [7, 11) is -2.98. The summed E-state index contributed by atoms with van der Waals surface area (Å²) in [6.45, 7) is 4.47. The first kappa shape index (κ1) is 47.3. The van der Waals surface area contributed by atoms with Crippen molar-refractivity contribution in [2.45, 2.75) is 135 Å². The molecule has 4 rings (SSSR count). The summed E-state index contributed by atoms with van der Waals surface area (Å²) in [6, 6.07) is 16.9. The van der Waals surface area contributed by atoms with Crippen LogP contribution < -0.4 is 15.3 Å². The van der Waals surface area contributed by atoms with Crippen LogP contribution in [0.15, 0.2) is 67.0 Å². The number of fused-ring (bicyclic) bond motifs is 1.